The molecule has 1 heterocycles. The fourth-order valence-corrected chi connectivity index (χ4v) is 4.22. The zero-order valence-corrected chi connectivity index (χ0v) is 14.8. The number of anilines is 1. The summed E-state index contributed by atoms with van der Waals surface area (Å²) in [6.07, 6.45) is 2.41. The largest absolute Gasteiger partial charge is 0.477 e. The SMILES string of the molecule is CCCCc1csc(C(=O)O)c1NS(=O)(=O)c1ccc(Cl)cc1. The van der Waals surface area contributed by atoms with Gasteiger partial charge in [-0.2, -0.15) is 0 Å². The van der Waals surface area contributed by atoms with E-state index < -0.39 is 16.0 Å². The van der Waals surface area contributed by atoms with Crippen LogP contribution in [0.4, 0.5) is 5.69 Å². The second kappa shape index (κ2) is 7.33. The lowest BCUT2D eigenvalue weighted by molar-refractivity contribution is 0.0703. The number of benzene rings is 1. The predicted octanol–water partition coefficient (Wildman–Crippen LogP) is 4.24. The molecule has 0 aliphatic carbocycles. The van der Waals surface area contributed by atoms with Gasteiger partial charge in [0.1, 0.15) is 4.88 Å². The predicted molar refractivity (Wildman–Crippen MR) is 92.2 cm³/mol. The molecule has 0 spiro atoms. The van der Waals surface area contributed by atoms with Crippen molar-refractivity contribution in [2.75, 3.05) is 4.72 Å². The van der Waals surface area contributed by atoms with Crippen molar-refractivity contribution in [1.82, 2.24) is 0 Å². The molecule has 0 aliphatic rings. The number of aryl methyl sites for hydroxylation is 1. The van der Waals surface area contributed by atoms with Gasteiger partial charge in [0.05, 0.1) is 10.6 Å². The summed E-state index contributed by atoms with van der Waals surface area (Å²) in [5.74, 6) is -1.15. The molecule has 0 fully saturated rings. The van der Waals surface area contributed by atoms with E-state index in [9.17, 15) is 18.3 Å². The lowest BCUT2D eigenvalue weighted by atomic mass is 10.1. The molecule has 5 nitrogen and oxygen atoms in total. The summed E-state index contributed by atoms with van der Waals surface area (Å²) in [5.41, 5.74) is 0.859. The van der Waals surface area contributed by atoms with Gasteiger partial charge in [-0.15, -0.1) is 11.3 Å². The molecule has 0 amide bonds. The molecule has 1 aromatic carbocycles. The van der Waals surface area contributed by atoms with Crippen LogP contribution in [0.1, 0.15) is 35.0 Å². The molecule has 8 heteroatoms. The smallest absolute Gasteiger partial charge is 0.348 e. The van der Waals surface area contributed by atoms with Crippen molar-refractivity contribution < 1.29 is 18.3 Å². The summed E-state index contributed by atoms with van der Waals surface area (Å²) in [7, 11) is -3.87. The number of unbranched alkanes of at least 4 members (excludes halogenated alkanes) is 1. The zero-order valence-electron chi connectivity index (χ0n) is 12.4. The average molecular weight is 374 g/mol. The lowest BCUT2D eigenvalue weighted by Crippen LogP contribution is -2.15. The van der Waals surface area contributed by atoms with Crippen LogP contribution in [-0.4, -0.2) is 19.5 Å². The van der Waals surface area contributed by atoms with E-state index >= 15 is 0 Å². The van der Waals surface area contributed by atoms with E-state index in [1.165, 1.54) is 24.3 Å². The molecule has 0 unspecified atom stereocenters. The number of carboxylic acid groups (broad SMARTS) is 1. The number of nitrogens with one attached hydrogen (secondary N) is 1. The monoisotopic (exact) mass is 373 g/mol. The van der Waals surface area contributed by atoms with Crippen molar-refractivity contribution in [3.8, 4) is 0 Å². The van der Waals surface area contributed by atoms with Crippen LogP contribution in [0.5, 0.6) is 0 Å². The normalized spacial score (nSPS) is 11.4. The number of sulfonamides is 1. The second-order valence-electron chi connectivity index (χ2n) is 4.93. The summed E-state index contributed by atoms with van der Waals surface area (Å²) in [6, 6.07) is 5.70. The van der Waals surface area contributed by atoms with Gasteiger partial charge < -0.3 is 5.11 Å². The van der Waals surface area contributed by atoms with Crippen molar-refractivity contribution in [2.45, 2.75) is 31.1 Å². The Kier molecular flexibility index (Phi) is 5.67. The minimum atomic E-state index is -3.87. The first kappa shape index (κ1) is 17.8. The van der Waals surface area contributed by atoms with E-state index in [4.69, 9.17) is 11.6 Å². The van der Waals surface area contributed by atoms with Crippen LogP contribution >= 0.6 is 22.9 Å². The Bertz CT molecular complexity index is 797. The van der Waals surface area contributed by atoms with Crippen LogP contribution in [0.3, 0.4) is 0 Å². The quantitative estimate of drug-likeness (QED) is 0.760. The van der Waals surface area contributed by atoms with E-state index in [0.717, 1.165) is 24.2 Å². The van der Waals surface area contributed by atoms with Gasteiger partial charge in [-0.1, -0.05) is 24.9 Å². The van der Waals surface area contributed by atoms with Crippen LogP contribution in [0, 0.1) is 0 Å². The van der Waals surface area contributed by atoms with Gasteiger partial charge in [0.2, 0.25) is 0 Å². The second-order valence-corrected chi connectivity index (χ2v) is 7.93. The first-order valence-corrected chi connectivity index (χ1v) is 9.71. The Morgan fingerprint density at radius 3 is 2.52 bits per heavy atom. The number of hydrogen-bond acceptors (Lipinski definition) is 4. The third-order valence-corrected chi connectivity index (χ3v) is 5.86. The Labute approximate surface area is 144 Å². The van der Waals surface area contributed by atoms with E-state index in [1.54, 1.807) is 5.38 Å². The molecule has 2 aromatic rings. The van der Waals surface area contributed by atoms with Crippen molar-refractivity contribution in [3.05, 3.63) is 45.1 Å². The lowest BCUT2D eigenvalue weighted by Gasteiger charge is -2.10. The highest BCUT2D eigenvalue weighted by Gasteiger charge is 2.23. The number of aromatic carboxylic acids is 1. The minimum Gasteiger partial charge on any atom is -0.477 e. The molecule has 1 aromatic heterocycles. The summed E-state index contributed by atoms with van der Waals surface area (Å²) < 4.78 is 27.4. The third-order valence-electron chi connectivity index (χ3n) is 3.22. The number of thiophene rings is 1. The Morgan fingerprint density at radius 1 is 1.30 bits per heavy atom. The van der Waals surface area contributed by atoms with Crippen LogP contribution < -0.4 is 4.72 Å². The number of halogens is 1. The fraction of sp³-hybridized carbons (Fsp3) is 0.267. The maximum Gasteiger partial charge on any atom is 0.348 e. The highest BCUT2D eigenvalue weighted by Crippen LogP contribution is 2.32. The molecule has 0 atom stereocenters. The molecule has 0 bridgehead atoms. The van der Waals surface area contributed by atoms with Gasteiger partial charge >= 0.3 is 5.97 Å². The maximum absolute atomic E-state index is 12.5. The van der Waals surface area contributed by atoms with Gasteiger partial charge in [-0.05, 0) is 48.1 Å². The van der Waals surface area contributed by atoms with Gasteiger partial charge in [0, 0.05) is 5.02 Å². The van der Waals surface area contributed by atoms with E-state index in [-0.39, 0.29) is 15.5 Å². The van der Waals surface area contributed by atoms with Gasteiger partial charge in [-0.3, -0.25) is 4.72 Å². The molecular formula is C15H16ClNO4S2. The van der Waals surface area contributed by atoms with E-state index in [1.807, 2.05) is 6.92 Å². The number of carbonyl (C=O) groups is 1. The van der Waals surface area contributed by atoms with Gasteiger partial charge in [-0.25, -0.2) is 13.2 Å². The highest BCUT2D eigenvalue weighted by atomic mass is 35.5. The first-order chi connectivity index (χ1) is 10.8. The van der Waals surface area contributed by atoms with E-state index in [2.05, 4.69) is 4.72 Å². The molecule has 0 aliphatic heterocycles. The van der Waals surface area contributed by atoms with Crippen molar-refractivity contribution in [3.63, 3.8) is 0 Å². The third kappa shape index (κ3) is 4.25. The molecule has 0 radical (unpaired) electrons. The Hall–Kier alpha value is -1.57. The van der Waals surface area contributed by atoms with E-state index in [0.29, 0.717) is 17.0 Å². The maximum atomic E-state index is 12.5. The molecule has 23 heavy (non-hydrogen) atoms. The fourth-order valence-electron chi connectivity index (χ4n) is 2.02. The first-order valence-electron chi connectivity index (χ1n) is 6.97. The number of carboxylic acids is 1. The van der Waals surface area contributed by atoms with Crippen LogP contribution in [0.15, 0.2) is 34.5 Å². The van der Waals surface area contributed by atoms with Crippen molar-refractivity contribution in [2.24, 2.45) is 0 Å². The summed E-state index contributed by atoms with van der Waals surface area (Å²) in [5, 5.41) is 11.4. The summed E-state index contributed by atoms with van der Waals surface area (Å²) in [6.45, 7) is 2.02. The van der Waals surface area contributed by atoms with Gasteiger partial charge in [0.15, 0.2) is 0 Å². The molecule has 0 saturated heterocycles. The highest BCUT2D eigenvalue weighted by molar-refractivity contribution is 7.92. The molecule has 2 N–H and O–H groups in total. The molecule has 124 valence electrons. The zero-order chi connectivity index (χ0) is 17.0. The van der Waals surface area contributed by atoms with Crippen LogP contribution in [0.25, 0.3) is 0 Å². The molecule has 2 rings (SSSR count). The Balaban J connectivity index is 2.39. The standard InChI is InChI=1S/C15H16ClNO4S2/c1-2-3-4-10-9-22-14(15(18)19)13(10)17-23(20,21)12-7-5-11(16)6-8-12/h5-9,17H,2-4H2,1H3,(H,18,19). The number of rotatable bonds is 7. The molecule has 0 saturated carbocycles. The molecular weight excluding hydrogens is 358 g/mol. The minimum absolute atomic E-state index is 0.00589. The van der Waals surface area contributed by atoms with Crippen LogP contribution in [0.2, 0.25) is 5.02 Å². The summed E-state index contributed by atoms with van der Waals surface area (Å²) in [4.78, 5) is 11.4. The van der Waals surface area contributed by atoms with Crippen molar-refractivity contribution >= 4 is 44.6 Å². The topological polar surface area (TPSA) is 83.5 Å². The summed E-state index contributed by atoms with van der Waals surface area (Å²) >= 11 is 6.79. The average Bonchev–Trinajstić information content (AvgIpc) is 2.87. The van der Waals surface area contributed by atoms with Gasteiger partial charge in [0.25, 0.3) is 10.0 Å². The van der Waals surface area contributed by atoms with Crippen molar-refractivity contribution in [1.29, 1.82) is 0 Å². The van der Waals surface area contributed by atoms with Crippen LogP contribution in [-0.2, 0) is 16.4 Å². The number of hydrogen-bond donors (Lipinski definition) is 2. The Morgan fingerprint density at radius 2 is 1.96 bits per heavy atom.